The first-order valence-corrected chi connectivity index (χ1v) is 11.1. The molecule has 2 heterocycles. The van der Waals surface area contributed by atoms with Crippen molar-refractivity contribution in [1.29, 1.82) is 5.26 Å². The summed E-state index contributed by atoms with van der Waals surface area (Å²) in [7, 11) is 0. The highest BCUT2D eigenvalue weighted by Crippen LogP contribution is 2.29. The third-order valence-corrected chi connectivity index (χ3v) is 6.08. The van der Waals surface area contributed by atoms with Gasteiger partial charge in [0, 0.05) is 30.4 Å². The van der Waals surface area contributed by atoms with Crippen molar-refractivity contribution < 1.29 is 9.53 Å². The fourth-order valence-electron chi connectivity index (χ4n) is 4.17. The number of nitrogens with zero attached hydrogens (tertiary/aromatic N) is 3. The predicted molar refractivity (Wildman–Crippen MR) is 124 cm³/mol. The normalized spacial score (nSPS) is 14.0. The van der Waals surface area contributed by atoms with Gasteiger partial charge in [0.1, 0.15) is 17.5 Å². The van der Waals surface area contributed by atoms with Crippen LogP contribution in [0.15, 0.2) is 72.9 Å². The Morgan fingerprint density at radius 2 is 1.78 bits per heavy atom. The molecule has 2 aromatic carbocycles. The number of carbonyl (C=O) groups excluding carboxylic acids is 1. The van der Waals surface area contributed by atoms with Crippen molar-refractivity contribution in [2.75, 3.05) is 19.7 Å². The minimum absolute atomic E-state index is 0.0232. The third kappa shape index (κ3) is 5.53. The molecule has 5 nitrogen and oxygen atoms in total. The largest absolute Gasteiger partial charge is 0.483 e. The topological polar surface area (TPSA) is 66.2 Å². The van der Waals surface area contributed by atoms with E-state index < -0.39 is 0 Å². The van der Waals surface area contributed by atoms with E-state index in [4.69, 9.17) is 10.00 Å². The molecule has 0 aliphatic carbocycles. The van der Waals surface area contributed by atoms with Gasteiger partial charge in [0.15, 0.2) is 6.61 Å². The monoisotopic (exact) mass is 425 g/mol. The minimum atomic E-state index is 0.0232. The number of rotatable bonds is 7. The lowest BCUT2D eigenvalue weighted by atomic mass is 9.90. The quantitative estimate of drug-likeness (QED) is 0.542. The van der Waals surface area contributed by atoms with Gasteiger partial charge in [0.05, 0.1) is 0 Å². The number of ether oxygens (including phenoxy) is 1. The molecule has 0 radical (unpaired) electrons. The summed E-state index contributed by atoms with van der Waals surface area (Å²) in [6.45, 7) is 1.61. The molecule has 0 unspecified atom stereocenters. The van der Waals surface area contributed by atoms with Crippen LogP contribution in [0.3, 0.4) is 0 Å². The number of aromatic nitrogens is 1. The van der Waals surface area contributed by atoms with Crippen LogP contribution in [0.2, 0.25) is 0 Å². The van der Waals surface area contributed by atoms with E-state index in [0.29, 0.717) is 17.4 Å². The van der Waals surface area contributed by atoms with Gasteiger partial charge in [-0.1, -0.05) is 48.5 Å². The summed E-state index contributed by atoms with van der Waals surface area (Å²) in [5, 5.41) is 8.94. The number of carbonyl (C=O) groups is 1. The van der Waals surface area contributed by atoms with Crippen molar-refractivity contribution in [3.05, 3.63) is 84.2 Å². The molecular formula is C27H27N3O2. The number of piperidine rings is 1. The lowest BCUT2D eigenvalue weighted by Gasteiger charge is -2.32. The van der Waals surface area contributed by atoms with E-state index >= 15 is 0 Å². The van der Waals surface area contributed by atoms with Crippen molar-refractivity contribution >= 4 is 5.91 Å². The zero-order valence-corrected chi connectivity index (χ0v) is 18.1. The number of benzene rings is 2. The van der Waals surface area contributed by atoms with Crippen LogP contribution in [0.1, 0.15) is 30.5 Å². The standard InChI is InChI=1S/C27H27N3O2/c28-18-24-13-12-23(19-29-24)25-8-4-5-9-26(25)32-20-27(31)30-16-14-22(15-17-30)11-10-21-6-2-1-3-7-21/h1-9,12-13,19,22H,10-11,14-17,20H2. The average Bonchev–Trinajstić information content (AvgIpc) is 2.87. The van der Waals surface area contributed by atoms with E-state index in [1.54, 1.807) is 12.3 Å². The average molecular weight is 426 g/mol. The summed E-state index contributed by atoms with van der Waals surface area (Å²) in [6, 6.07) is 23.7. The summed E-state index contributed by atoms with van der Waals surface area (Å²) < 4.78 is 5.91. The molecule has 1 aliphatic heterocycles. The predicted octanol–water partition coefficient (Wildman–Crippen LogP) is 4.87. The Morgan fingerprint density at radius 1 is 1.03 bits per heavy atom. The van der Waals surface area contributed by atoms with Crippen molar-refractivity contribution in [2.45, 2.75) is 25.7 Å². The molecule has 1 aromatic heterocycles. The first kappa shape index (κ1) is 21.6. The first-order valence-electron chi connectivity index (χ1n) is 11.1. The number of pyridine rings is 1. The van der Waals surface area contributed by atoms with Crippen LogP contribution < -0.4 is 4.74 Å². The molecule has 162 valence electrons. The van der Waals surface area contributed by atoms with Crippen molar-refractivity contribution in [3.8, 4) is 22.9 Å². The van der Waals surface area contributed by atoms with Gasteiger partial charge in [-0.15, -0.1) is 0 Å². The Morgan fingerprint density at radius 3 is 2.50 bits per heavy atom. The molecule has 1 fully saturated rings. The Labute approximate surface area is 189 Å². The molecule has 5 heteroatoms. The van der Waals surface area contributed by atoms with Gasteiger partial charge < -0.3 is 9.64 Å². The van der Waals surface area contributed by atoms with Crippen molar-refractivity contribution in [1.82, 2.24) is 9.88 Å². The molecule has 1 saturated heterocycles. The molecule has 4 rings (SSSR count). The van der Waals surface area contributed by atoms with Crippen LogP contribution >= 0.6 is 0 Å². The summed E-state index contributed by atoms with van der Waals surface area (Å²) in [6.07, 6.45) is 6.03. The van der Waals surface area contributed by atoms with E-state index in [1.165, 1.54) is 12.0 Å². The van der Waals surface area contributed by atoms with E-state index in [1.807, 2.05) is 41.3 Å². The maximum absolute atomic E-state index is 12.7. The van der Waals surface area contributed by atoms with Gasteiger partial charge in [-0.2, -0.15) is 5.26 Å². The Kier molecular flexibility index (Phi) is 7.14. The van der Waals surface area contributed by atoms with Crippen LogP contribution in [0.25, 0.3) is 11.1 Å². The van der Waals surface area contributed by atoms with E-state index in [9.17, 15) is 4.79 Å². The second-order valence-electron chi connectivity index (χ2n) is 8.18. The Bertz CT molecular complexity index is 1070. The molecule has 0 atom stereocenters. The smallest absolute Gasteiger partial charge is 0.260 e. The van der Waals surface area contributed by atoms with Crippen LogP contribution in [-0.4, -0.2) is 35.5 Å². The van der Waals surface area contributed by atoms with Crippen LogP contribution in [0, 0.1) is 17.2 Å². The fourth-order valence-corrected chi connectivity index (χ4v) is 4.17. The van der Waals surface area contributed by atoms with Gasteiger partial charge in [0.2, 0.25) is 0 Å². The highest BCUT2D eigenvalue weighted by molar-refractivity contribution is 5.78. The fraction of sp³-hybridized carbons (Fsp3) is 0.296. The molecule has 32 heavy (non-hydrogen) atoms. The SMILES string of the molecule is N#Cc1ccc(-c2ccccc2OCC(=O)N2CCC(CCc3ccccc3)CC2)cn1. The minimum Gasteiger partial charge on any atom is -0.483 e. The Hall–Kier alpha value is -3.65. The van der Waals surface area contributed by atoms with E-state index in [0.717, 1.165) is 43.5 Å². The molecular weight excluding hydrogens is 398 g/mol. The zero-order valence-electron chi connectivity index (χ0n) is 18.1. The summed E-state index contributed by atoms with van der Waals surface area (Å²) >= 11 is 0. The van der Waals surface area contributed by atoms with Crippen molar-refractivity contribution in [3.63, 3.8) is 0 Å². The van der Waals surface area contributed by atoms with E-state index in [2.05, 4.69) is 35.3 Å². The van der Waals surface area contributed by atoms with Crippen LogP contribution in [-0.2, 0) is 11.2 Å². The maximum atomic E-state index is 12.7. The number of hydrogen-bond donors (Lipinski definition) is 0. The van der Waals surface area contributed by atoms with Crippen LogP contribution in [0.5, 0.6) is 5.75 Å². The molecule has 0 saturated carbocycles. The van der Waals surface area contributed by atoms with Gasteiger partial charge in [-0.25, -0.2) is 4.98 Å². The maximum Gasteiger partial charge on any atom is 0.260 e. The van der Waals surface area contributed by atoms with Gasteiger partial charge in [-0.05, 0) is 55.4 Å². The number of hydrogen-bond acceptors (Lipinski definition) is 4. The number of para-hydroxylation sites is 1. The summed E-state index contributed by atoms with van der Waals surface area (Å²) in [5.74, 6) is 1.34. The third-order valence-electron chi connectivity index (χ3n) is 6.08. The second kappa shape index (κ2) is 10.6. The highest BCUT2D eigenvalue weighted by Gasteiger charge is 2.23. The van der Waals surface area contributed by atoms with Gasteiger partial charge >= 0.3 is 0 Å². The first-order chi connectivity index (χ1) is 15.7. The lowest BCUT2D eigenvalue weighted by molar-refractivity contribution is -0.134. The zero-order chi connectivity index (χ0) is 22.2. The Balaban J connectivity index is 1.28. The van der Waals surface area contributed by atoms with Gasteiger partial charge in [0.25, 0.3) is 5.91 Å². The second-order valence-corrected chi connectivity index (χ2v) is 8.18. The number of nitriles is 1. The number of likely N-dealkylation sites (tertiary alicyclic amines) is 1. The highest BCUT2D eigenvalue weighted by atomic mass is 16.5. The molecule has 0 spiro atoms. The number of amides is 1. The molecule has 1 amide bonds. The summed E-state index contributed by atoms with van der Waals surface area (Å²) in [5.41, 5.74) is 3.47. The van der Waals surface area contributed by atoms with Gasteiger partial charge in [-0.3, -0.25) is 4.79 Å². The molecule has 1 aliphatic rings. The van der Waals surface area contributed by atoms with E-state index in [-0.39, 0.29) is 12.5 Å². The lowest BCUT2D eigenvalue weighted by Crippen LogP contribution is -2.41. The molecule has 0 N–H and O–H groups in total. The molecule has 0 bridgehead atoms. The van der Waals surface area contributed by atoms with Crippen molar-refractivity contribution in [2.24, 2.45) is 5.92 Å². The molecule has 3 aromatic rings. The number of aryl methyl sites for hydroxylation is 1. The summed E-state index contributed by atoms with van der Waals surface area (Å²) in [4.78, 5) is 18.8. The van der Waals surface area contributed by atoms with Crippen LogP contribution in [0.4, 0.5) is 0 Å².